The molecule has 30 heavy (non-hydrogen) atoms. The smallest absolute Gasteiger partial charge is 0.339 e. The molecular weight excluding hydrogens is 384 g/mol. The highest BCUT2D eigenvalue weighted by Crippen LogP contribution is 2.21. The van der Waals surface area contributed by atoms with Crippen LogP contribution in [0.15, 0.2) is 42.5 Å². The lowest BCUT2D eigenvalue weighted by molar-refractivity contribution is 0.0587. The summed E-state index contributed by atoms with van der Waals surface area (Å²) in [6.07, 6.45) is 3.75. The topological polar surface area (TPSA) is 84.9 Å². The number of amides is 1. The van der Waals surface area contributed by atoms with Gasteiger partial charge in [-0.2, -0.15) is 0 Å². The molecule has 7 nitrogen and oxygen atoms in total. The molecule has 1 saturated heterocycles. The Kier molecular flexibility index (Phi) is 7.19. The van der Waals surface area contributed by atoms with Crippen molar-refractivity contribution in [3.8, 4) is 0 Å². The van der Waals surface area contributed by atoms with Crippen molar-refractivity contribution in [2.75, 3.05) is 32.6 Å². The van der Waals surface area contributed by atoms with E-state index < -0.39 is 11.9 Å². The van der Waals surface area contributed by atoms with Gasteiger partial charge in [-0.3, -0.25) is 9.69 Å². The van der Waals surface area contributed by atoms with E-state index in [0.29, 0.717) is 5.56 Å². The molecule has 1 amide bonds. The van der Waals surface area contributed by atoms with Crippen molar-refractivity contribution in [3.63, 3.8) is 0 Å². The summed E-state index contributed by atoms with van der Waals surface area (Å²) >= 11 is 0. The summed E-state index contributed by atoms with van der Waals surface area (Å²) in [6.45, 7) is 3.08. The Morgan fingerprint density at radius 2 is 1.50 bits per heavy atom. The van der Waals surface area contributed by atoms with Gasteiger partial charge in [0.25, 0.3) is 5.91 Å². The molecule has 7 heteroatoms. The lowest BCUT2D eigenvalue weighted by Crippen LogP contribution is -2.29. The zero-order valence-corrected chi connectivity index (χ0v) is 17.3. The standard InChI is InChI=1S/C23H26N2O5/c1-29-22(27)18-10-11-19(23(28)30-2)20(14-18)24-21(26)17-8-6-16(7-9-17)15-25-12-4-3-5-13-25/h6-11,14H,3-5,12-13,15H2,1-2H3,(H,24,26). The van der Waals surface area contributed by atoms with Crippen LogP contribution in [0.25, 0.3) is 0 Å². The highest BCUT2D eigenvalue weighted by Gasteiger charge is 2.18. The van der Waals surface area contributed by atoms with Gasteiger partial charge in [0.2, 0.25) is 0 Å². The van der Waals surface area contributed by atoms with Crippen LogP contribution in [-0.4, -0.2) is 50.1 Å². The Bertz CT molecular complexity index is 918. The minimum absolute atomic E-state index is 0.153. The average molecular weight is 410 g/mol. The van der Waals surface area contributed by atoms with Crippen LogP contribution in [0, 0.1) is 0 Å². The molecule has 1 aliphatic heterocycles. The first-order valence-electron chi connectivity index (χ1n) is 9.95. The van der Waals surface area contributed by atoms with Crippen LogP contribution in [0.1, 0.15) is 55.9 Å². The van der Waals surface area contributed by atoms with Gasteiger partial charge in [-0.05, 0) is 61.8 Å². The Morgan fingerprint density at radius 1 is 0.867 bits per heavy atom. The van der Waals surface area contributed by atoms with Crippen molar-refractivity contribution in [1.82, 2.24) is 4.90 Å². The number of esters is 2. The summed E-state index contributed by atoms with van der Waals surface area (Å²) < 4.78 is 9.48. The van der Waals surface area contributed by atoms with Crippen LogP contribution < -0.4 is 5.32 Å². The lowest BCUT2D eigenvalue weighted by Gasteiger charge is -2.26. The van der Waals surface area contributed by atoms with Gasteiger partial charge >= 0.3 is 11.9 Å². The first-order chi connectivity index (χ1) is 14.5. The van der Waals surface area contributed by atoms with Crippen molar-refractivity contribution in [3.05, 3.63) is 64.7 Å². The second-order valence-corrected chi connectivity index (χ2v) is 7.23. The molecule has 2 aromatic rings. The number of likely N-dealkylation sites (tertiary alicyclic amines) is 1. The Hall–Kier alpha value is -3.19. The molecule has 0 atom stereocenters. The number of hydrogen-bond acceptors (Lipinski definition) is 6. The maximum atomic E-state index is 12.7. The van der Waals surface area contributed by atoms with Crippen molar-refractivity contribution >= 4 is 23.5 Å². The fourth-order valence-corrected chi connectivity index (χ4v) is 3.51. The summed E-state index contributed by atoms with van der Waals surface area (Å²) in [5, 5.41) is 2.70. The third-order valence-electron chi connectivity index (χ3n) is 5.17. The Morgan fingerprint density at radius 3 is 2.13 bits per heavy atom. The van der Waals surface area contributed by atoms with Crippen molar-refractivity contribution in [2.24, 2.45) is 0 Å². The number of rotatable bonds is 6. The van der Waals surface area contributed by atoms with E-state index in [2.05, 4.69) is 10.2 Å². The van der Waals surface area contributed by atoms with Crippen LogP contribution in [0.3, 0.4) is 0 Å². The maximum absolute atomic E-state index is 12.7. The molecule has 0 radical (unpaired) electrons. The summed E-state index contributed by atoms with van der Waals surface area (Å²) in [5.41, 5.74) is 2.16. The molecule has 2 aromatic carbocycles. The van der Waals surface area contributed by atoms with Crippen LogP contribution in [0.4, 0.5) is 5.69 Å². The van der Waals surface area contributed by atoms with Crippen LogP contribution >= 0.6 is 0 Å². The van der Waals surface area contributed by atoms with Gasteiger partial charge in [0.15, 0.2) is 0 Å². The van der Waals surface area contributed by atoms with E-state index >= 15 is 0 Å². The van der Waals surface area contributed by atoms with Crippen LogP contribution in [-0.2, 0) is 16.0 Å². The van der Waals surface area contributed by atoms with Gasteiger partial charge in [-0.15, -0.1) is 0 Å². The fourth-order valence-electron chi connectivity index (χ4n) is 3.51. The summed E-state index contributed by atoms with van der Waals surface area (Å²) in [7, 11) is 2.52. The van der Waals surface area contributed by atoms with Gasteiger partial charge < -0.3 is 14.8 Å². The van der Waals surface area contributed by atoms with E-state index in [4.69, 9.17) is 9.47 Å². The van der Waals surface area contributed by atoms with E-state index in [1.165, 1.54) is 51.7 Å². The molecule has 1 aliphatic rings. The minimum atomic E-state index is -0.612. The first kappa shape index (κ1) is 21.5. The van der Waals surface area contributed by atoms with Crippen molar-refractivity contribution < 1.29 is 23.9 Å². The number of nitrogens with one attached hydrogen (secondary N) is 1. The number of ether oxygens (including phenoxy) is 2. The monoisotopic (exact) mass is 410 g/mol. The van der Waals surface area contributed by atoms with E-state index in [9.17, 15) is 14.4 Å². The molecule has 0 unspecified atom stereocenters. The van der Waals surface area contributed by atoms with Crippen LogP contribution in [0.5, 0.6) is 0 Å². The molecule has 0 aliphatic carbocycles. The molecule has 3 rings (SSSR count). The quantitative estimate of drug-likeness (QED) is 0.734. The number of benzene rings is 2. The zero-order chi connectivity index (χ0) is 21.5. The van der Waals surface area contributed by atoms with Crippen molar-refractivity contribution in [1.29, 1.82) is 0 Å². The van der Waals surface area contributed by atoms with E-state index in [0.717, 1.165) is 25.2 Å². The second kappa shape index (κ2) is 10.0. The average Bonchev–Trinajstić information content (AvgIpc) is 2.79. The van der Waals surface area contributed by atoms with E-state index in [-0.39, 0.29) is 22.7 Å². The Balaban J connectivity index is 1.75. The van der Waals surface area contributed by atoms with Gasteiger partial charge in [-0.1, -0.05) is 18.6 Å². The molecule has 158 valence electrons. The molecule has 1 fully saturated rings. The number of hydrogen-bond donors (Lipinski definition) is 1. The largest absolute Gasteiger partial charge is 0.465 e. The molecular formula is C23H26N2O5. The summed E-state index contributed by atoms with van der Waals surface area (Å²) in [6, 6.07) is 11.7. The third-order valence-corrected chi connectivity index (χ3v) is 5.17. The predicted molar refractivity (Wildman–Crippen MR) is 113 cm³/mol. The predicted octanol–water partition coefficient (Wildman–Crippen LogP) is 3.50. The third kappa shape index (κ3) is 5.24. The number of carbonyl (C=O) groups excluding carboxylic acids is 3. The summed E-state index contributed by atoms with van der Waals surface area (Å²) in [4.78, 5) is 39.0. The zero-order valence-electron chi connectivity index (χ0n) is 17.3. The fraction of sp³-hybridized carbons (Fsp3) is 0.348. The van der Waals surface area contributed by atoms with E-state index in [1.807, 2.05) is 12.1 Å². The second-order valence-electron chi connectivity index (χ2n) is 7.23. The molecule has 1 N–H and O–H groups in total. The van der Waals surface area contributed by atoms with Gasteiger partial charge in [0.05, 0.1) is 31.0 Å². The number of piperidine rings is 1. The van der Waals surface area contributed by atoms with Gasteiger partial charge in [0, 0.05) is 12.1 Å². The molecule has 0 bridgehead atoms. The Labute approximate surface area is 176 Å². The van der Waals surface area contributed by atoms with Gasteiger partial charge in [-0.25, -0.2) is 9.59 Å². The maximum Gasteiger partial charge on any atom is 0.339 e. The molecule has 0 aromatic heterocycles. The lowest BCUT2D eigenvalue weighted by atomic mass is 10.1. The van der Waals surface area contributed by atoms with Gasteiger partial charge in [0.1, 0.15) is 0 Å². The molecule has 1 heterocycles. The summed E-state index contributed by atoms with van der Waals surface area (Å²) in [5.74, 6) is -1.56. The number of carbonyl (C=O) groups is 3. The highest BCUT2D eigenvalue weighted by atomic mass is 16.5. The number of methoxy groups -OCH3 is 2. The van der Waals surface area contributed by atoms with Crippen LogP contribution in [0.2, 0.25) is 0 Å². The molecule has 0 spiro atoms. The highest BCUT2D eigenvalue weighted by molar-refractivity contribution is 6.09. The van der Waals surface area contributed by atoms with Crippen molar-refractivity contribution in [2.45, 2.75) is 25.8 Å². The number of nitrogens with zero attached hydrogens (tertiary/aromatic N) is 1. The normalized spacial score (nSPS) is 14.1. The number of anilines is 1. The first-order valence-corrected chi connectivity index (χ1v) is 9.95. The van der Waals surface area contributed by atoms with E-state index in [1.54, 1.807) is 12.1 Å². The minimum Gasteiger partial charge on any atom is -0.465 e. The SMILES string of the molecule is COC(=O)c1ccc(C(=O)OC)c(NC(=O)c2ccc(CN3CCCCC3)cc2)c1. The molecule has 0 saturated carbocycles.